The van der Waals surface area contributed by atoms with Gasteiger partial charge in [-0.3, -0.25) is 0 Å². The number of para-hydroxylation sites is 2. The summed E-state index contributed by atoms with van der Waals surface area (Å²) in [5.41, 5.74) is -0.521. The second-order valence-corrected chi connectivity index (χ2v) is 9.74. The molecule has 0 spiro atoms. The summed E-state index contributed by atoms with van der Waals surface area (Å²) in [7, 11) is -2.82. The molecule has 0 saturated heterocycles. The van der Waals surface area contributed by atoms with Gasteiger partial charge in [-0.2, -0.15) is 22.8 Å². The number of alkyl halides is 3. The molecule has 1 aliphatic rings. The van der Waals surface area contributed by atoms with E-state index in [2.05, 4.69) is 67.0 Å². The van der Waals surface area contributed by atoms with Crippen molar-refractivity contribution in [2.24, 2.45) is 0 Å². The molecule has 2 heterocycles. The van der Waals surface area contributed by atoms with Gasteiger partial charge in [-0.15, -0.1) is 0 Å². The smallest absolute Gasteiger partial charge is 0.485 e. The lowest BCUT2D eigenvalue weighted by Crippen LogP contribution is -2.28. The van der Waals surface area contributed by atoms with Crippen molar-refractivity contribution in [1.82, 2.24) is 9.54 Å². The van der Waals surface area contributed by atoms with Gasteiger partial charge < -0.3 is 4.55 Å². The van der Waals surface area contributed by atoms with Crippen LogP contribution in [0.25, 0.3) is 5.69 Å². The van der Waals surface area contributed by atoms with Gasteiger partial charge in [0.05, 0.1) is 25.7 Å². The van der Waals surface area contributed by atoms with Crippen LogP contribution in [0.1, 0.15) is 24.7 Å². The van der Waals surface area contributed by atoms with E-state index in [0.717, 1.165) is 14.0 Å². The average Bonchev–Trinajstić information content (AvgIpc) is 3.23. The highest BCUT2D eigenvalue weighted by Crippen LogP contribution is 2.42. The molecule has 164 valence electrons. The van der Waals surface area contributed by atoms with Crippen LogP contribution in [-0.2, 0) is 15.5 Å². The van der Waals surface area contributed by atoms with Crippen LogP contribution in [0.5, 0.6) is 0 Å². The first kappa shape index (κ1) is 23.1. The van der Waals surface area contributed by atoms with Crippen molar-refractivity contribution >= 4 is 29.9 Å². The van der Waals surface area contributed by atoms with E-state index in [1.54, 1.807) is 0 Å². The summed E-state index contributed by atoms with van der Waals surface area (Å²) in [6.07, 6.45) is 2.01. The predicted molar refractivity (Wildman–Crippen MR) is 111 cm³/mol. The molecule has 0 amide bonds. The number of fused-ring (bicyclic) bond motifs is 1. The minimum absolute atomic E-state index is 0.00755. The monoisotopic (exact) mass is 469 g/mol. The van der Waals surface area contributed by atoms with Crippen LogP contribution in [0, 0.1) is 0 Å². The van der Waals surface area contributed by atoms with Gasteiger partial charge >= 0.3 is 5.51 Å². The lowest BCUT2D eigenvalue weighted by atomic mass is 9.81. The van der Waals surface area contributed by atoms with Crippen LogP contribution in [0.2, 0.25) is 0 Å². The molecule has 0 aliphatic carbocycles. The Balaban J connectivity index is 0.000000293. The van der Waals surface area contributed by atoms with Crippen LogP contribution in [0.3, 0.4) is 0 Å². The molecule has 1 aliphatic heterocycles. The van der Waals surface area contributed by atoms with Gasteiger partial charge in [-0.25, -0.2) is 12.9 Å². The SMILES string of the molecule is C[N+]1=C(c2cnn(-c3ccccc3)p2)C(C)(C)c2ccccc21.O=S(=O)([O-])C(F)(F)F. The van der Waals surface area contributed by atoms with Crippen molar-refractivity contribution in [1.29, 1.82) is 0 Å². The van der Waals surface area contributed by atoms with Crippen LogP contribution < -0.4 is 0 Å². The minimum atomic E-state index is -6.09. The highest BCUT2D eigenvalue weighted by Gasteiger charge is 2.45. The Kier molecular flexibility index (Phi) is 6.10. The first-order valence-corrected chi connectivity index (χ1v) is 11.3. The molecule has 0 atom stereocenters. The lowest BCUT2D eigenvalue weighted by Gasteiger charge is -2.16. The predicted octanol–water partition coefficient (Wildman–Crippen LogP) is 4.56. The number of rotatable bonds is 2. The summed E-state index contributed by atoms with van der Waals surface area (Å²) in [6, 6.07) is 19.0. The molecule has 6 nitrogen and oxygen atoms in total. The van der Waals surface area contributed by atoms with E-state index in [1.165, 1.54) is 22.3 Å². The van der Waals surface area contributed by atoms with Crippen molar-refractivity contribution < 1.29 is 30.7 Å². The highest BCUT2D eigenvalue weighted by atomic mass is 32.2. The molecule has 3 aromatic rings. The van der Waals surface area contributed by atoms with Gasteiger partial charge in [0.1, 0.15) is 12.3 Å². The Labute approximate surface area is 179 Å². The van der Waals surface area contributed by atoms with Crippen molar-refractivity contribution in [3.8, 4) is 5.69 Å². The van der Waals surface area contributed by atoms with Crippen LogP contribution >= 0.6 is 8.35 Å². The first-order valence-electron chi connectivity index (χ1n) is 9.05. The van der Waals surface area contributed by atoms with E-state index >= 15 is 0 Å². The number of aromatic nitrogens is 2. The topological polar surface area (TPSA) is 78.0 Å². The third-order valence-electron chi connectivity index (χ3n) is 4.87. The van der Waals surface area contributed by atoms with Crippen LogP contribution in [-0.4, -0.2) is 45.4 Å². The van der Waals surface area contributed by atoms with E-state index in [1.807, 2.05) is 28.8 Å². The molecular formula is C20H19F3N3O3PS. The van der Waals surface area contributed by atoms with Crippen molar-refractivity contribution in [2.75, 3.05) is 7.05 Å². The Hall–Kier alpha value is -2.55. The van der Waals surface area contributed by atoms with E-state index in [0.29, 0.717) is 0 Å². The average molecular weight is 469 g/mol. The summed E-state index contributed by atoms with van der Waals surface area (Å²) in [5.74, 6) is 0. The van der Waals surface area contributed by atoms with E-state index in [-0.39, 0.29) is 5.41 Å². The molecule has 0 bridgehead atoms. The zero-order valence-corrected chi connectivity index (χ0v) is 18.5. The fourth-order valence-corrected chi connectivity index (χ4v) is 4.69. The van der Waals surface area contributed by atoms with Gasteiger partial charge in [0.25, 0.3) is 0 Å². The summed E-state index contributed by atoms with van der Waals surface area (Å²) >= 11 is 0. The third-order valence-corrected chi connectivity index (χ3v) is 6.50. The first-order chi connectivity index (χ1) is 14.3. The second kappa shape index (κ2) is 8.18. The standard InChI is InChI=1S/C19H19N3P.CHF3O3S/c1-19(2)15-11-7-8-12-16(15)21(3)18(19)17-13-20-22(23-17)14-9-5-4-6-10-14;2-1(3,4)8(5,6)7/h4-13H,1-3H3;(H,5,6,7)/q+1;/p-1. The Bertz CT molecular complexity index is 1240. The van der Waals surface area contributed by atoms with Gasteiger partial charge in [0.2, 0.25) is 11.4 Å². The highest BCUT2D eigenvalue weighted by molar-refractivity contribution is 7.86. The van der Waals surface area contributed by atoms with E-state index in [4.69, 9.17) is 13.0 Å². The molecule has 0 fully saturated rings. The van der Waals surface area contributed by atoms with Crippen molar-refractivity contribution in [3.05, 3.63) is 71.7 Å². The van der Waals surface area contributed by atoms with Gasteiger partial charge in [0, 0.05) is 11.6 Å². The maximum Gasteiger partial charge on any atom is 0.485 e. The molecule has 0 saturated carbocycles. The Morgan fingerprint density at radius 2 is 1.61 bits per heavy atom. The molecule has 1 aromatic heterocycles. The fraction of sp³-hybridized carbons (Fsp3) is 0.250. The minimum Gasteiger partial charge on any atom is -0.741 e. The number of hydrogen-bond donors (Lipinski definition) is 0. The third kappa shape index (κ3) is 4.56. The number of halogens is 3. The summed E-state index contributed by atoms with van der Waals surface area (Å²) in [4.78, 5) is 0. The lowest BCUT2D eigenvalue weighted by molar-refractivity contribution is -0.401. The molecule has 11 heteroatoms. The quantitative estimate of drug-likeness (QED) is 0.313. The zero-order valence-electron chi connectivity index (χ0n) is 16.8. The zero-order chi connectivity index (χ0) is 23.0. The number of benzene rings is 2. The maximum atomic E-state index is 10.7. The number of hydrogen-bond acceptors (Lipinski definition) is 4. The number of nitrogens with zero attached hydrogens (tertiary/aromatic N) is 3. The van der Waals surface area contributed by atoms with Crippen molar-refractivity contribution in [3.63, 3.8) is 0 Å². The van der Waals surface area contributed by atoms with Gasteiger partial charge in [0.15, 0.2) is 10.1 Å². The summed E-state index contributed by atoms with van der Waals surface area (Å²) < 4.78 is 63.3. The molecule has 0 unspecified atom stereocenters. The largest absolute Gasteiger partial charge is 0.741 e. The van der Waals surface area contributed by atoms with E-state index in [9.17, 15) is 13.2 Å². The van der Waals surface area contributed by atoms with Gasteiger partial charge in [-0.05, 0) is 26.0 Å². The van der Waals surface area contributed by atoms with Gasteiger partial charge in [-0.1, -0.05) is 36.4 Å². The van der Waals surface area contributed by atoms with Crippen molar-refractivity contribution in [2.45, 2.75) is 24.8 Å². The molecule has 4 rings (SSSR count). The summed E-state index contributed by atoms with van der Waals surface area (Å²) in [6.45, 7) is 4.60. The van der Waals surface area contributed by atoms with Crippen LogP contribution in [0.15, 0.2) is 60.8 Å². The second-order valence-electron chi connectivity index (χ2n) is 7.30. The van der Waals surface area contributed by atoms with E-state index < -0.39 is 15.6 Å². The molecular weight excluding hydrogens is 450 g/mol. The molecule has 31 heavy (non-hydrogen) atoms. The fourth-order valence-electron chi connectivity index (χ4n) is 3.51. The Morgan fingerprint density at radius 3 is 2.16 bits per heavy atom. The molecule has 0 radical (unpaired) electrons. The maximum absolute atomic E-state index is 10.7. The van der Waals surface area contributed by atoms with Crippen LogP contribution in [0.4, 0.5) is 18.9 Å². The Morgan fingerprint density at radius 1 is 1.06 bits per heavy atom. The normalized spacial score (nSPS) is 15.6. The summed E-state index contributed by atoms with van der Waals surface area (Å²) in [5, 5.41) is 5.87. The molecule has 2 aromatic carbocycles. The molecule has 0 N–H and O–H groups in total.